The Bertz CT molecular complexity index is 1530. The summed E-state index contributed by atoms with van der Waals surface area (Å²) >= 11 is 1.47. The Morgan fingerprint density at radius 1 is 1.14 bits per heavy atom. The van der Waals surface area contributed by atoms with E-state index in [4.69, 9.17) is 20.2 Å². The number of hydrogen-bond acceptors (Lipinski definition) is 6. The van der Waals surface area contributed by atoms with Gasteiger partial charge in [0.25, 0.3) is 11.8 Å². The van der Waals surface area contributed by atoms with Gasteiger partial charge in [0.05, 0.1) is 22.3 Å². The summed E-state index contributed by atoms with van der Waals surface area (Å²) in [5.74, 6) is 1.12. The molecular weight excluding hydrogens is 474 g/mol. The number of fused-ring (bicyclic) bond motifs is 3. The molecule has 36 heavy (non-hydrogen) atoms. The lowest BCUT2D eigenvalue weighted by Gasteiger charge is -2.20. The number of anilines is 1. The van der Waals surface area contributed by atoms with E-state index in [9.17, 15) is 9.59 Å². The second-order valence-corrected chi connectivity index (χ2v) is 10.3. The van der Waals surface area contributed by atoms with Crippen molar-refractivity contribution in [2.24, 2.45) is 11.7 Å². The van der Waals surface area contributed by atoms with Crippen LogP contribution in [0.15, 0.2) is 48.5 Å². The molecule has 0 saturated carbocycles. The van der Waals surface area contributed by atoms with Gasteiger partial charge in [0.2, 0.25) is 6.79 Å². The van der Waals surface area contributed by atoms with E-state index in [1.54, 1.807) is 6.07 Å². The van der Waals surface area contributed by atoms with Crippen molar-refractivity contribution in [1.82, 2.24) is 4.98 Å². The summed E-state index contributed by atoms with van der Waals surface area (Å²) in [7, 11) is 0. The predicted octanol–water partition coefficient (Wildman–Crippen LogP) is 5.56. The largest absolute Gasteiger partial charge is 0.454 e. The molecule has 1 atom stereocenters. The highest BCUT2D eigenvalue weighted by molar-refractivity contribution is 7.17. The fourth-order valence-electron chi connectivity index (χ4n) is 5.09. The number of pyridine rings is 1. The Hall–Kier alpha value is -3.91. The number of rotatable bonds is 5. The Morgan fingerprint density at radius 2 is 1.97 bits per heavy atom. The number of carbonyl (C=O) groups excluding carboxylic acids is 2. The molecule has 2 amide bonds. The number of aromatic nitrogens is 1. The van der Waals surface area contributed by atoms with Gasteiger partial charge in [0.1, 0.15) is 5.00 Å². The number of ether oxygens (including phenoxy) is 2. The van der Waals surface area contributed by atoms with Gasteiger partial charge in [-0.2, -0.15) is 0 Å². The number of benzene rings is 2. The maximum Gasteiger partial charge on any atom is 0.257 e. The van der Waals surface area contributed by atoms with Crippen molar-refractivity contribution >= 4 is 39.1 Å². The van der Waals surface area contributed by atoms with E-state index in [2.05, 4.69) is 12.2 Å². The number of amides is 2. The van der Waals surface area contributed by atoms with Crippen LogP contribution in [0, 0.1) is 5.92 Å². The lowest BCUT2D eigenvalue weighted by molar-refractivity contribution is 0.1000. The molecule has 4 aromatic rings. The minimum Gasteiger partial charge on any atom is -0.454 e. The summed E-state index contributed by atoms with van der Waals surface area (Å²) in [6.45, 7) is 2.37. The Kier molecular flexibility index (Phi) is 5.60. The molecule has 0 bridgehead atoms. The average molecular weight is 500 g/mol. The molecule has 0 spiro atoms. The minimum atomic E-state index is -0.501. The van der Waals surface area contributed by atoms with E-state index in [1.165, 1.54) is 11.3 Å². The van der Waals surface area contributed by atoms with Crippen molar-refractivity contribution < 1.29 is 19.1 Å². The third-order valence-electron chi connectivity index (χ3n) is 7.05. The summed E-state index contributed by atoms with van der Waals surface area (Å²) in [6, 6.07) is 14.9. The third-order valence-corrected chi connectivity index (χ3v) is 8.22. The first kappa shape index (κ1) is 22.5. The lowest BCUT2D eigenvalue weighted by Crippen LogP contribution is -2.20. The smallest absolute Gasteiger partial charge is 0.257 e. The summed E-state index contributed by atoms with van der Waals surface area (Å²) in [4.78, 5) is 32.0. The zero-order valence-electron chi connectivity index (χ0n) is 19.8. The zero-order valence-corrected chi connectivity index (χ0v) is 20.6. The van der Waals surface area contributed by atoms with E-state index in [0.29, 0.717) is 44.8 Å². The van der Waals surface area contributed by atoms with Gasteiger partial charge in [0.15, 0.2) is 11.5 Å². The van der Waals surface area contributed by atoms with Gasteiger partial charge in [0, 0.05) is 15.8 Å². The molecule has 2 aromatic heterocycles. The molecule has 1 aliphatic heterocycles. The minimum absolute atomic E-state index is 0.184. The standard InChI is InChI=1S/C28H25N3O4S/c1-2-15-7-9-18-24(11-15)36-28(25(18)26(29)32)31-27(33)19-13-21(30-20-6-4-3-5-17(19)20)16-8-10-22-23(12-16)35-14-34-22/h3-6,8,10,12-13,15H,2,7,9,11,14H2,1H3,(H2,29,32)(H,31,33)/t15-/m0/s1. The number of nitrogens with zero attached hydrogens (tertiary/aromatic N) is 1. The fraction of sp³-hybridized carbons (Fsp3) is 0.250. The van der Waals surface area contributed by atoms with Crippen LogP contribution in [0.25, 0.3) is 22.2 Å². The van der Waals surface area contributed by atoms with Crippen molar-refractivity contribution in [2.75, 3.05) is 12.1 Å². The number of nitrogens with two attached hydrogens (primary N) is 1. The van der Waals surface area contributed by atoms with Crippen LogP contribution >= 0.6 is 11.3 Å². The topological polar surface area (TPSA) is 104 Å². The molecule has 3 heterocycles. The van der Waals surface area contributed by atoms with Gasteiger partial charge in [-0.1, -0.05) is 31.5 Å². The molecule has 1 aliphatic carbocycles. The van der Waals surface area contributed by atoms with Gasteiger partial charge in [-0.25, -0.2) is 4.98 Å². The van der Waals surface area contributed by atoms with Gasteiger partial charge in [-0.05, 0) is 61.1 Å². The van der Waals surface area contributed by atoms with Crippen LogP contribution in [0.4, 0.5) is 5.00 Å². The summed E-state index contributed by atoms with van der Waals surface area (Å²) in [5.41, 5.74) is 9.86. The van der Waals surface area contributed by atoms with Crippen LogP contribution in [0.5, 0.6) is 11.5 Å². The predicted molar refractivity (Wildman–Crippen MR) is 140 cm³/mol. The first-order chi connectivity index (χ1) is 17.5. The van der Waals surface area contributed by atoms with Gasteiger partial charge < -0.3 is 20.5 Å². The monoisotopic (exact) mass is 499 g/mol. The highest BCUT2D eigenvalue weighted by atomic mass is 32.1. The van der Waals surface area contributed by atoms with Crippen molar-refractivity contribution in [3.05, 3.63) is 70.1 Å². The second kappa shape index (κ2) is 8.95. The summed E-state index contributed by atoms with van der Waals surface area (Å²) < 4.78 is 10.9. The SMILES string of the molecule is CC[C@H]1CCc2c(sc(NC(=O)c3cc(-c4ccc5c(c4)OCO5)nc4ccccc34)c2C(N)=O)C1. The van der Waals surface area contributed by atoms with Crippen LogP contribution in [0.1, 0.15) is 50.9 Å². The number of para-hydroxylation sites is 1. The third kappa shape index (κ3) is 3.87. The molecule has 2 aliphatic rings. The van der Waals surface area contributed by atoms with E-state index in [1.807, 2.05) is 42.5 Å². The Labute approximate surface area is 212 Å². The molecule has 7 nitrogen and oxygen atoms in total. The van der Waals surface area contributed by atoms with Crippen LogP contribution < -0.4 is 20.5 Å². The molecule has 182 valence electrons. The molecule has 6 rings (SSSR count). The van der Waals surface area contributed by atoms with Crippen LogP contribution in [-0.4, -0.2) is 23.6 Å². The van der Waals surface area contributed by atoms with Crippen molar-refractivity contribution in [2.45, 2.75) is 32.6 Å². The first-order valence-corrected chi connectivity index (χ1v) is 12.9. The van der Waals surface area contributed by atoms with Crippen molar-refractivity contribution in [3.63, 3.8) is 0 Å². The van der Waals surface area contributed by atoms with Gasteiger partial charge in [-0.3, -0.25) is 9.59 Å². The molecule has 0 saturated heterocycles. The van der Waals surface area contributed by atoms with E-state index < -0.39 is 5.91 Å². The average Bonchev–Trinajstić information content (AvgIpc) is 3.51. The van der Waals surface area contributed by atoms with E-state index in [-0.39, 0.29) is 12.7 Å². The second-order valence-electron chi connectivity index (χ2n) is 9.18. The lowest BCUT2D eigenvalue weighted by atomic mass is 9.85. The zero-order chi connectivity index (χ0) is 24.8. The number of hydrogen-bond donors (Lipinski definition) is 2. The van der Waals surface area contributed by atoms with Crippen LogP contribution in [-0.2, 0) is 12.8 Å². The molecule has 2 aromatic carbocycles. The maximum absolute atomic E-state index is 13.7. The highest BCUT2D eigenvalue weighted by Crippen LogP contribution is 2.41. The molecule has 0 fully saturated rings. The highest BCUT2D eigenvalue weighted by Gasteiger charge is 2.28. The fourth-order valence-corrected chi connectivity index (χ4v) is 6.45. The molecule has 3 N–H and O–H groups in total. The van der Waals surface area contributed by atoms with E-state index in [0.717, 1.165) is 47.1 Å². The van der Waals surface area contributed by atoms with Crippen LogP contribution in [0.2, 0.25) is 0 Å². The number of primary amides is 1. The first-order valence-electron chi connectivity index (χ1n) is 12.1. The van der Waals surface area contributed by atoms with Crippen molar-refractivity contribution in [3.8, 4) is 22.8 Å². The number of carbonyl (C=O) groups is 2. The normalized spacial score (nSPS) is 16.1. The molecule has 8 heteroatoms. The molecule has 0 radical (unpaired) electrons. The summed E-state index contributed by atoms with van der Waals surface area (Å²) in [6.07, 6.45) is 3.85. The molecular formula is C28H25N3O4S. The summed E-state index contributed by atoms with van der Waals surface area (Å²) in [5, 5.41) is 4.27. The number of nitrogens with one attached hydrogen (secondary N) is 1. The number of thiophene rings is 1. The van der Waals surface area contributed by atoms with Gasteiger partial charge in [-0.15, -0.1) is 11.3 Å². The quantitative estimate of drug-likeness (QED) is 0.374. The molecule has 0 unspecified atom stereocenters. The van der Waals surface area contributed by atoms with Crippen molar-refractivity contribution in [1.29, 1.82) is 0 Å². The van der Waals surface area contributed by atoms with Gasteiger partial charge >= 0.3 is 0 Å². The maximum atomic E-state index is 13.7. The van der Waals surface area contributed by atoms with E-state index >= 15 is 0 Å². The Morgan fingerprint density at radius 3 is 2.81 bits per heavy atom. The Balaban J connectivity index is 1.41. The van der Waals surface area contributed by atoms with Crippen LogP contribution in [0.3, 0.4) is 0 Å².